The van der Waals surface area contributed by atoms with Crippen LogP contribution in [0.25, 0.3) is 11.0 Å². The van der Waals surface area contributed by atoms with Gasteiger partial charge in [0.2, 0.25) is 5.91 Å². The third-order valence-electron chi connectivity index (χ3n) is 6.50. The zero-order chi connectivity index (χ0) is 24.0. The monoisotopic (exact) mass is 491 g/mol. The van der Waals surface area contributed by atoms with Gasteiger partial charge in [-0.05, 0) is 43.5 Å². The Bertz CT molecular complexity index is 1230. The summed E-state index contributed by atoms with van der Waals surface area (Å²) in [6, 6.07) is 8.86. The number of nitrogens with zero attached hydrogens (tertiary/aromatic N) is 5. The minimum atomic E-state index is -4.51. The van der Waals surface area contributed by atoms with Crippen molar-refractivity contribution in [1.82, 2.24) is 24.6 Å². The van der Waals surface area contributed by atoms with Crippen molar-refractivity contribution in [3.05, 3.63) is 57.9 Å². The molecule has 1 aliphatic carbocycles. The van der Waals surface area contributed by atoms with Gasteiger partial charge in [-0.2, -0.15) is 18.3 Å². The average Bonchev–Trinajstić information content (AvgIpc) is 3.58. The second kappa shape index (κ2) is 8.85. The molecule has 2 aliphatic rings. The molecule has 2 aromatic heterocycles. The number of rotatable bonds is 5. The summed E-state index contributed by atoms with van der Waals surface area (Å²) in [5.74, 6) is -0.114. The minimum Gasteiger partial charge on any atom is -0.339 e. The van der Waals surface area contributed by atoms with Gasteiger partial charge in [-0.1, -0.05) is 23.7 Å². The van der Waals surface area contributed by atoms with E-state index in [2.05, 4.69) is 15.0 Å². The molecule has 1 amide bonds. The van der Waals surface area contributed by atoms with Crippen LogP contribution in [0.15, 0.2) is 30.3 Å². The van der Waals surface area contributed by atoms with Gasteiger partial charge in [0, 0.05) is 49.4 Å². The molecule has 10 heteroatoms. The lowest BCUT2D eigenvalue weighted by molar-refractivity contribution is -0.136. The summed E-state index contributed by atoms with van der Waals surface area (Å²) in [7, 11) is 0. The van der Waals surface area contributed by atoms with Gasteiger partial charge in [-0.15, -0.1) is 0 Å². The van der Waals surface area contributed by atoms with Gasteiger partial charge >= 0.3 is 6.18 Å². The molecule has 0 atom stereocenters. The second-order valence-electron chi connectivity index (χ2n) is 9.10. The van der Waals surface area contributed by atoms with E-state index in [1.165, 1.54) is 11.6 Å². The number of hydrogen-bond donors (Lipinski definition) is 0. The summed E-state index contributed by atoms with van der Waals surface area (Å²) in [6.07, 6.45) is -2.84. The van der Waals surface area contributed by atoms with Crippen molar-refractivity contribution in [3.8, 4) is 0 Å². The van der Waals surface area contributed by atoms with E-state index in [4.69, 9.17) is 11.6 Å². The van der Waals surface area contributed by atoms with Crippen molar-refractivity contribution < 1.29 is 18.0 Å². The highest BCUT2D eigenvalue weighted by atomic mass is 35.5. The fourth-order valence-corrected chi connectivity index (χ4v) is 4.78. The zero-order valence-electron chi connectivity index (χ0n) is 18.8. The first-order valence-corrected chi connectivity index (χ1v) is 11.8. The number of hydrogen-bond acceptors (Lipinski definition) is 4. The molecule has 2 fully saturated rings. The van der Waals surface area contributed by atoms with Crippen LogP contribution >= 0.6 is 11.6 Å². The Morgan fingerprint density at radius 1 is 1.15 bits per heavy atom. The number of carbonyl (C=O) groups is 1. The van der Waals surface area contributed by atoms with E-state index in [1.807, 2.05) is 24.3 Å². The Balaban J connectivity index is 1.31. The smallest absolute Gasteiger partial charge is 0.339 e. The predicted octanol–water partition coefficient (Wildman–Crippen LogP) is 4.63. The number of aryl methyl sites for hydroxylation is 1. The van der Waals surface area contributed by atoms with Crippen LogP contribution in [0.3, 0.4) is 0 Å². The van der Waals surface area contributed by atoms with Gasteiger partial charge in [0.15, 0.2) is 5.65 Å². The van der Waals surface area contributed by atoms with Crippen molar-refractivity contribution in [2.24, 2.45) is 0 Å². The van der Waals surface area contributed by atoms with E-state index in [-0.39, 0.29) is 35.1 Å². The quantitative estimate of drug-likeness (QED) is 0.522. The number of benzene rings is 1. The average molecular weight is 492 g/mol. The molecule has 0 N–H and O–H groups in total. The van der Waals surface area contributed by atoms with E-state index in [0.717, 1.165) is 31.0 Å². The van der Waals surface area contributed by atoms with E-state index in [0.29, 0.717) is 36.9 Å². The molecule has 0 radical (unpaired) electrons. The van der Waals surface area contributed by atoms with Crippen LogP contribution in [0.1, 0.15) is 41.3 Å². The fraction of sp³-hybridized carbons (Fsp3) is 0.458. The van der Waals surface area contributed by atoms with Crippen LogP contribution in [0, 0.1) is 6.92 Å². The SMILES string of the molecule is Cc1nn(CC(=O)N2CCN(Cc3cccc(Cl)c3)CC2)c2nc(C3CC3)cc(C(F)(F)F)c12. The lowest BCUT2D eigenvalue weighted by Gasteiger charge is -2.34. The molecule has 1 saturated heterocycles. The number of piperazine rings is 1. The van der Waals surface area contributed by atoms with Crippen LogP contribution in [0.5, 0.6) is 0 Å². The van der Waals surface area contributed by atoms with Crippen molar-refractivity contribution in [2.75, 3.05) is 26.2 Å². The minimum absolute atomic E-state index is 0.0176. The van der Waals surface area contributed by atoms with Gasteiger partial charge in [-0.3, -0.25) is 9.69 Å². The molecule has 6 nitrogen and oxygen atoms in total. The van der Waals surface area contributed by atoms with Gasteiger partial charge < -0.3 is 4.90 Å². The molecule has 1 saturated carbocycles. The zero-order valence-corrected chi connectivity index (χ0v) is 19.5. The molecular weight excluding hydrogens is 467 g/mol. The Kier molecular flexibility index (Phi) is 6.02. The van der Waals surface area contributed by atoms with E-state index in [1.54, 1.807) is 4.90 Å². The highest BCUT2D eigenvalue weighted by molar-refractivity contribution is 6.30. The van der Waals surface area contributed by atoms with Crippen LogP contribution in [0.2, 0.25) is 5.02 Å². The summed E-state index contributed by atoms with van der Waals surface area (Å²) >= 11 is 6.07. The highest BCUT2D eigenvalue weighted by Gasteiger charge is 2.38. The summed E-state index contributed by atoms with van der Waals surface area (Å²) in [6.45, 7) is 4.67. The maximum absolute atomic E-state index is 13.8. The van der Waals surface area contributed by atoms with Crippen molar-refractivity contribution in [1.29, 1.82) is 0 Å². The van der Waals surface area contributed by atoms with Crippen LogP contribution < -0.4 is 0 Å². The molecule has 3 aromatic rings. The Hall–Kier alpha value is -2.65. The summed E-state index contributed by atoms with van der Waals surface area (Å²) in [5, 5.41) is 4.96. The van der Waals surface area contributed by atoms with E-state index >= 15 is 0 Å². The maximum atomic E-state index is 13.8. The fourth-order valence-electron chi connectivity index (χ4n) is 4.57. The van der Waals surface area contributed by atoms with Gasteiger partial charge in [-0.25, -0.2) is 9.67 Å². The van der Waals surface area contributed by atoms with Crippen molar-refractivity contribution in [2.45, 2.75) is 44.9 Å². The third kappa shape index (κ3) is 4.77. The lowest BCUT2D eigenvalue weighted by atomic mass is 10.1. The summed E-state index contributed by atoms with van der Waals surface area (Å²) in [5.41, 5.74) is 1.20. The van der Waals surface area contributed by atoms with Crippen LogP contribution in [-0.4, -0.2) is 56.7 Å². The number of carbonyl (C=O) groups excluding carboxylic acids is 1. The summed E-state index contributed by atoms with van der Waals surface area (Å²) < 4.78 is 42.7. The van der Waals surface area contributed by atoms with E-state index in [9.17, 15) is 18.0 Å². The largest absolute Gasteiger partial charge is 0.417 e. The molecule has 0 unspecified atom stereocenters. The molecule has 0 spiro atoms. The molecule has 3 heterocycles. The van der Waals surface area contributed by atoms with E-state index < -0.39 is 11.7 Å². The highest BCUT2D eigenvalue weighted by Crippen LogP contribution is 2.43. The molecule has 1 aromatic carbocycles. The first-order chi connectivity index (χ1) is 16.2. The number of aromatic nitrogens is 3. The van der Waals surface area contributed by atoms with Crippen LogP contribution in [-0.2, 0) is 24.1 Å². The first kappa shape index (κ1) is 23.1. The van der Waals surface area contributed by atoms with Crippen molar-refractivity contribution >= 4 is 28.5 Å². The standard InChI is InChI=1S/C24H25ClF3N5O/c1-15-22-19(24(26,27)28)12-20(17-5-6-17)29-23(22)33(30-15)14-21(34)32-9-7-31(8-10-32)13-16-3-2-4-18(25)11-16/h2-4,11-12,17H,5-10,13-14H2,1H3. The molecule has 5 rings (SSSR count). The third-order valence-corrected chi connectivity index (χ3v) is 6.74. The van der Waals surface area contributed by atoms with Gasteiger partial charge in [0.25, 0.3) is 0 Å². The first-order valence-electron chi connectivity index (χ1n) is 11.4. The Morgan fingerprint density at radius 2 is 1.88 bits per heavy atom. The molecular formula is C24H25ClF3N5O. The Morgan fingerprint density at radius 3 is 2.53 bits per heavy atom. The molecule has 180 valence electrons. The topological polar surface area (TPSA) is 54.3 Å². The van der Waals surface area contributed by atoms with Gasteiger partial charge in [0.1, 0.15) is 6.54 Å². The number of fused-ring (bicyclic) bond motifs is 1. The second-order valence-corrected chi connectivity index (χ2v) is 9.53. The molecule has 34 heavy (non-hydrogen) atoms. The molecule has 0 bridgehead atoms. The number of pyridine rings is 1. The van der Waals surface area contributed by atoms with Crippen LogP contribution in [0.4, 0.5) is 13.2 Å². The number of halogens is 4. The Labute approximate surface area is 200 Å². The number of amides is 1. The lowest BCUT2D eigenvalue weighted by Crippen LogP contribution is -2.49. The van der Waals surface area contributed by atoms with Gasteiger partial charge in [0.05, 0.1) is 16.6 Å². The normalized spacial score (nSPS) is 17.5. The molecule has 1 aliphatic heterocycles. The van der Waals surface area contributed by atoms with Crippen molar-refractivity contribution in [3.63, 3.8) is 0 Å². The predicted molar refractivity (Wildman–Crippen MR) is 123 cm³/mol. The maximum Gasteiger partial charge on any atom is 0.417 e. The summed E-state index contributed by atoms with van der Waals surface area (Å²) in [4.78, 5) is 21.5. The number of alkyl halides is 3.